The van der Waals surface area contributed by atoms with Crippen LogP contribution in [0.2, 0.25) is 0 Å². The first-order valence-electron chi connectivity index (χ1n) is 4.25. The first-order chi connectivity index (χ1) is 6.60. The Balaban J connectivity index is 3.38. The highest BCUT2D eigenvalue weighted by molar-refractivity contribution is 5.96. The number of rotatable bonds is 3. The molecule has 0 saturated heterocycles. The number of hydrogen-bond acceptors (Lipinski definition) is 3. The Morgan fingerprint density at radius 3 is 2.50 bits per heavy atom. The molecule has 0 bridgehead atoms. The summed E-state index contributed by atoms with van der Waals surface area (Å²) < 4.78 is 5.02. The number of aldehydes is 1. The van der Waals surface area contributed by atoms with Gasteiger partial charge in [0.25, 0.3) is 0 Å². The fraction of sp³-hybridized carbons (Fsp3) is 0.273. The molecule has 0 fully saturated rings. The topological polar surface area (TPSA) is 43.4 Å². The summed E-state index contributed by atoms with van der Waals surface area (Å²) in [4.78, 5) is 21.8. The summed E-state index contributed by atoms with van der Waals surface area (Å²) in [6, 6.07) is 3.27. The summed E-state index contributed by atoms with van der Waals surface area (Å²) in [6.45, 7) is 3.26. The van der Waals surface area contributed by atoms with Gasteiger partial charge in [-0.1, -0.05) is 0 Å². The average molecular weight is 192 g/mol. The molecule has 0 radical (unpaired) electrons. The average Bonchev–Trinajstić information content (AvgIpc) is 2.16. The molecule has 0 unspecified atom stereocenters. The van der Waals surface area contributed by atoms with Crippen LogP contribution in [0, 0.1) is 6.92 Å². The number of carbonyl (C=O) groups excluding carboxylic acids is 2. The van der Waals surface area contributed by atoms with Gasteiger partial charge in [0.2, 0.25) is 0 Å². The van der Waals surface area contributed by atoms with Gasteiger partial charge in [0.1, 0.15) is 5.75 Å². The van der Waals surface area contributed by atoms with E-state index in [4.69, 9.17) is 4.74 Å². The third kappa shape index (κ3) is 1.82. The number of Topliss-reactive ketones (excluding diaryl/α,β-unsaturated/α-hetero) is 1. The molecule has 0 N–H and O–H groups in total. The third-order valence-electron chi connectivity index (χ3n) is 2.09. The predicted molar refractivity (Wildman–Crippen MR) is 53.1 cm³/mol. The van der Waals surface area contributed by atoms with Crippen LogP contribution < -0.4 is 4.74 Å². The molecule has 74 valence electrons. The standard InChI is InChI=1S/C11H12O3/c1-7-4-9(8(2)13)5-11(14-3)10(7)6-12/h4-6H,1-3H3. The highest BCUT2D eigenvalue weighted by atomic mass is 16.5. The number of carbonyl (C=O) groups is 2. The van der Waals surface area contributed by atoms with Gasteiger partial charge in [0.15, 0.2) is 12.1 Å². The van der Waals surface area contributed by atoms with Gasteiger partial charge < -0.3 is 4.74 Å². The Hall–Kier alpha value is -1.64. The molecule has 0 aromatic heterocycles. The molecule has 0 saturated carbocycles. The highest BCUT2D eigenvalue weighted by Crippen LogP contribution is 2.22. The maximum Gasteiger partial charge on any atom is 0.159 e. The van der Waals surface area contributed by atoms with E-state index in [9.17, 15) is 9.59 Å². The van der Waals surface area contributed by atoms with Gasteiger partial charge in [-0.15, -0.1) is 0 Å². The molecule has 3 heteroatoms. The number of benzene rings is 1. The molecule has 1 aromatic carbocycles. The van der Waals surface area contributed by atoms with Crippen LogP contribution in [-0.2, 0) is 0 Å². The Morgan fingerprint density at radius 1 is 1.43 bits per heavy atom. The van der Waals surface area contributed by atoms with Crippen molar-refractivity contribution in [3.8, 4) is 5.75 Å². The van der Waals surface area contributed by atoms with E-state index in [0.717, 1.165) is 11.8 Å². The molecule has 1 rings (SSSR count). The van der Waals surface area contributed by atoms with Crippen molar-refractivity contribution in [3.63, 3.8) is 0 Å². The van der Waals surface area contributed by atoms with E-state index in [1.165, 1.54) is 14.0 Å². The number of hydrogen-bond donors (Lipinski definition) is 0. The van der Waals surface area contributed by atoms with Crippen molar-refractivity contribution in [2.24, 2.45) is 0 Å². The van der Waals surface area contributed by atoms with E-state index in [-0.39, 0.29) is 5.78 Å². The van der Waals surface area contributed by atoms with Crippen LogP contribution >= 0.6 is 0 Å². The smallest absolute Gasteiger partial charge is 0.159 e. The lowest BCUT2D eigenvalue weighted by atomic mass is 10.0. The first-order valence-corrected chi connectivity index (χ1v) is 4.25. The summed E-state index contributed by atoms with van der Waals surface area (Å²) in [5.41, 5.74) is 1.81. The van der Waals surface area contributed by atoms with Crippen molar-refractivity contribution in [2.75, 3.05) is 7.11 Å². The second kappa shape index (κ2) is 4.05. The molecule has 0 aliphatic carbocycles. The van der Waals surface area contributed by atoms with E-state index >= 15 is 0 Å². The fourth-order valence-corrected chi connectivity index (χ4v) is 1.29. The first kappa shape index (κ1) is 10.4. The van der Waals surface area contributed by atoms with Crippen LogP contribution in [0.1, 0.15) is 33.2 Å². The second-order valence-corrected chi connectivity index (χ2v) is 3.08. The van der Waals surface area contributed by atoms with Crippen molar-refractivity contribution in [3.05, 3.63) is 28.8 Å². The number of aryl methyl sites for hydroxylation is 1. The molecule has 0 amide bonds. The normalized spacial score (nSPS) is 9.64. The molecule has 0 atom stereocenters. The summed E-state index contributed by atoms with van der Waals surface area (Å²) in [6.07, 6.45) is 0.734. The number of methoxy groups -OCH3 is 1. The Labute approximate surface area is 82.7 Å². The zero-order valence-corrected chi connectivity index (χ0v) is 8.46. The Bertz CT molecular complexity index is 380. The van der Waals surface area contributed by atoms with Crippen LogP contribution in [0.4, 0.5) is 0 Å². The van der Waals surface area contributed by atoms with Gasteiger partial charge in [-0.05, 0) is 31.5 Å². The largest absolute Gasteiger partial charge is 0.496 e. The van der Waals surface area contributed by atoms with E-state index in [1.807, 2.05) is 0 Å². The van der Waals surface area contributed by atoms with Gasteiger partial charge in [-0.25, -0.2) is 0 Å². The molecular formula is C11H12O3. The van der Waals surface area contributed by atoms with E-state index < -0.39 is 0 Å². The number of ether oxygens (including phenoxy) is 1. The van der Waals surface area contributed by atoms with Gasteiger partial charge >= 0.3 is 0 Å². The van der Waals surface area contributed by atoms with Gasteiger partial charge in [-0.3, -0.25) is 9.59 Å². The van der Waals surface area contributed by atoms with E-state index in [1.54, 1.807) is 19.1 Å². The molecule has 0 heterocycles. The summed E-state index contributed by atoms with van der Waals surface area (Å²) in [7, 11) is 1.48. The van der Waals surface area contributed by atoms with Crippen molar-refractivity contribution >= 4 is 12.1 Å². The Kier molecular flexibility index (Phi) is 3.02. The maximum atomic E-state index is 11.1. The van der Waals surface area contributed by atoms with Crippen LogP contribution in [0.3, 0.4) is 0 Å². The monoisotopic (exact) mass is 192 g/mol. The van der Waals surface area contributed by atoms with Crippen LogP contribution in [0.25, 0.3) is 0 Å². The molecule has 0 spiro atoms. The minimum absolute atomic E-state index is 0.0381. The molecule has 0 aliphatic heterocycles. The highest BCUT2D eigenvalue weighted by Gasteiger charge is 2.09. The summed E-state index contributed by atoms with van der Waals surface area (Å²) in [5.74, 6) is 0.411. The molecule has 3 nitrogen and oxygen atoms in total. The minimum atomic E-state index is -0.0381. The van der Waals surface area contributed by atoms with Gasteiger partial charge in [-0.2, -0.15) is 0 Å². The van der Waals surface area contributed by atoms with Crippen LogP contribution in [0.5, 0.6) is 5.75 Å². The molecule has 14 heavy (non-hydrogen) atoms. The predicted octanol–water partition coefficient (Wildman–Crippen LogP) is 2.02. The fourth-order valence-electron chi connectivity index (χ4n) is 1.29. The van der Waals surface area contributed by atoms with Crippen molar-refractivity contribution < 1.29 is 14.3 Å². The van der Waals surface area contributed by atoms with Crippen molar-refractivity contribution in [2.45, 2.75) is 13.8 Å². The summed E-state index contributed by atoms with van der Waals surface area (Å²) >= 11 is 0. The zero-order valence-electron chi connectivity index (χ0n) is 8.46. The molecular weight excluding hydrogens is 180 g/mol. The lowest BCUT2D eigenvalue weighted by Gasteiger charge is -2.08. The summed E-state index contributed by atoms with van der Waals surface area (Å²) in [5, 5.41) is 0. The Morgan fingerprint density at radius 2 is 2.07 bits per heavy atom. The van der Waals surface area contributed by atoms with E-state index in [0.29, 0.717) is 16.9 Å². The van der Waals surface area contributed by atoms with Gasteiger partial charge in [0.05, 0.1) is 12.7 Å². The van der Waals surface area contributed by atoms with Crippen LogP contribution in [0.15, 0.2) is 12.1 Å². The van der Waals surface area contributed by atoms with Gasteiger partial charge in [0, 0.05) is 5.56 Å². The third-order valence-corrected chi connectivity index (χ3v) is 2.09. The second-order valence-electron chi connectivity index (χ2n) is 3.08. The lowest BCUT2D eigenvalue weighted by Crippen LogP contribution is -1.99. The lowest BCUT2D eigenvalue weighted by molar-refractivity contribution is 0.101. The van der Waals surface area contributed by atoms with Crippen molar-refractivity contribution in [1.82, 2.24) is 0 Å². The molecule has 0 aliphatic rings. The minimum Gasteiger partial charge on any atom is -0.496 e. The van der Waals surface area contributed by atoms with E-state index in [2.05, 4.69) is 0 Å². The molecule has 1 aromatic rings. The maximum absolute atomic E-state index is 11.1. The van der Waals surface area contributed by atoms with Crippen LogP contribution in [-0.4, -0.2) is 19.2 Å². The quantitative estimate of drug-likeness (QED) is 0.543. The SMILES string of the molecule is COc1cc(C(C)=O)cc(C)c1C=O. The number of ketones is 1. The van der Waals surface area contributed by atoms with Crippen molar-refractivity contribution in [1.29, 1.82) is 0 Å². The zero-order chi connectivity index (χ0) is 10.7.